The molecular formula is C20H28N2O2. The first kappa shape index (κ1) is 17.0. The summed E-state index contributed by atoms with van der Waals surface area (Å²) < 4.78 is 0. The highest BCUT2D eigenvalue weighted by molar-refractivity contribution is 6.01. The van der Waals surface area contributed by atoms with Gasteiger partial charge in [-0.05, 0) is 36.3 Å². The lowest BCUT2D eigenvalue weighted by Crippen LogP contribution is -2.40. The fraction of sp³-hybridized carbons (Fsp3) is 0.600. The maximum absolute atomic E-state index is 12.8. The van der Waals surface area contributed by atoms with Crippen LogP contribution in [0.4, 0.5) is 5.69 Å². The summed E-state index contributed by atoms with van der Waals surface area (Å²) in [7, 11) is 0. The minimum atomic E-state index is -0.191. The summed E-state index contributed by atoms with van der Waals surface area (Å²) in [6, 6.07) is 8.08. The topological polar surface area (TPSA) is 40.6 Å². The van der Waals surface area contributed by atoms with E-state index >= 15 is 0 Å². The summed E-state index contributed by atoms with van der Waals surface area (Å²) in [4.78, 5) is 29.1. The first-order chi connectivity index (χ1) is 11.4. The number of nitrogens with zero attached hydrogens (tertiary/aromatic N) is 2. The van der Waals surface area contributed by atoms with Gasteiger partial charge in [0.2, 0.25) is 11.8 Å². The molecule has 4 heteroatoms. The van der Waals surface area contributed by atoms with Gasteiger partial charge in [0.05, 0.1) is 5.92 Å². The van der Waals surface area contributed by atoms with Crippen molar-refractivity contribution in [3.05, 3.63) is 29.8 Å². The molecule has 1 aromatic rings. The van der Waals surface area contributed by atoms with Crippen molar-refractivity contribution in [1.29, 1.82) is 0 Å². The zero-order valence-electron chi connectivity index (χ0n) is 15.0. The molecule has 2 aliphatic heterocycles. The monoisotopic (exact) mass is 328 g/mol. The maximum atomic E-state index is 12.8. The predicted molar refractivity (Wildman–Crippen MR) is 96.0 cm³/mol. The minimum absolute atomic E-state index is 0.0359. The third-order valence-corrected chi connectivity index (χ3v) is 5.14. The number of hydrogen-bond donors (Lipinski definition) is 0. The van der Waals surface area contributed by atoms with Crippen molar-refractivity contribution in [2.24, 2.45) is 5.92 Å². The Bertz CT molecular complexity index is 627. The van der Waals surface area contributed by atoms with Crippen LogP contribution in [0, 0.1) is 5.92 Å². The van der Waals surface area contributed by atoms with E-state index in [4.69, 9.17) is 0 Å². The lowest BCUT2D eigenvalue weighted by Gasteiger charge is -2.30. The normalized spacial score (nSPS) is 22.1. The average molecular weight is 328 g/mol. The molecule has 0 radical (unpaired) electrons. The van der Waals surface area contributed by atoms with E-state index in [-0.39, 0.29) is 23.1 Å². The van der Waals surface area contributed by atoms with Crippen molar-refractivity contribution in [2.75, 3.05) is 24.5 Å². The summed E-state index contributed by atoms with van der Waals surface area (Å²) in [5, 5.41) is 0. The van der Waals surface area contributed by atoms with Crippen molar-refractivity contribution in [2.45, 2.75) is 51.9 Å². The van der Waals surface area contributed by atoms with Crippen LogP contribution in [0.1, 0.15) is 52.0 Å². The predicted octanol–water partition coefficient (Wildman–Crippen LogP) is 3.35. The van der Waals surface area contributed by atoms with E-state index in [0.717, 1.165) is 37.2 Å². The molecule has 24 heavy (non-hydrogen) atoms. The van der Waals surface area contributed by atoms with Gasteiger partial charge in [-0.25, -0.2) is 0 Å². The van der Waals surface area contributed by atoms with Gasteiger partial charge >= 0.3 is 0 Å². The number of rotatable bonds is 2. The van der Waals surface area contributed by atoms with Crippen LogP contribution >= 0.6 is 0 Å². The van der Waals surface area contributed by atoms with Crippen LogP contribution in [-0.4, -0.2) is 36.3 Å². The van der Waals surface area contributed by atoms with E-state index < -0.39 is 0 Å². The third kappa shape index (κ3) is 3.33. The summed E-state index contributed by atoms with van der Waals surface area (Å²) >= 11 is 0. The van der Waals surface area contributed by atoms with Crippen LogP contribution in [0.2, 0.25) is 0 Å². The summed E-state index contributed by atoms with van der Waals surface area (Å²) in [6.45, 7) is 8.68. The highest BCUT2D eigenvalue weighted by Crippen LogP contribution is 2.35. The number of amides is 2. The number of likely N-dealkylation sites (tertiary alicyclic amines) is 1. The van der Waals surface area contributed by atoms with Gasteiger partial charge < -0.3 is 9.80 Å². The van der Waals surface area contributed by atoms with Gasteiger partial charge in [-0.3, -0.25) is 9.59 Å². The van der Waals surface area contributed by atoms with E-state index in [1.165, 1.54) is 6.42 Å². The van der Waals surface area contributed by atoms with Crippen LogP contribution in [0.3, 0.4) is 0 Å². The standard InChI is InChI=1S/C20H28N2O2/c1-20(2,3)16-9-5-6-10-17(16)22-14-15(13-18(22)23)19(24)21-11-7-4-8-12-21/h5-6,9-10,15H,4,7-8,11-14H2,1-3H3. The van der Waals surface area contributed by atoms with E-state index in [1.54, 1.807) is 0 Å². The first-order valence-electron chi connectivity index (χ1n) is 9.06. The summed E-state index contributed by atoms with van der Waals surface area (Å²) in [5.74, 6) is 0.0458. The molecular weight excluding hydrogens is 300 g/mol. The number of benzene rings is 1. The molecule has 2 saturated heterocycles. The lowest BCUT2D eigenvalue weighted by atomic mass is 9.85. The number of carbonyl (C=O) groups is 2. The Morgan fingerprint density at radius 3 is 2.42 bits per heavy atom. The fourth-order valence-electron chi connectivity index (χ4n) is 3.82. The highest BCUT2D eigenvalue weighted by Gasteiger charge is 2.38. The van der Waals surface area contributed by atoms with Gasteiger partial charge in [0.1, 0.15) is 0 Å². The molecule has 4 nitrogen and oxygen atoms in total. The summed E-state index contributed by atoms with van der Waals surface area (Å²) in [6.07, 6.45) is 3.72. The summed E-state index contributed by atoms with van der Waals surface area (Å²) in [5.41, 5.74) is 2.08. The smallest absolute Gasteiger partial charge is 0.228 e. The van der Waals surface area contributed by atoms with Gasteiger partial charge in [0.15, 0.2) is 0 Å². The van der Waals surface area contributed by atoms with Crippen LogP contribution < -0.4 is 4.90 Å². The minimum Gasteiger partial charge on any atom is -0.342 e. The fourth-order valence-corrected chi connectivity index (χ4v) is 3.82. The molecule has 0 aromatic heterocycles. The zero-order chi connectivity index (χ0) is 17.3. The number of hydrogen-bond acceptors (Lipinski definition) is 2. The molecule has 130 valence electrons. The number of anilines is 1. The first-order valence-corrected chi connectivity index (χ1v) is 9.06. The van der Waals surface area contributed by atoms with E-state index in [9.17, 15) is 9.59 Å². The maximum Gasteiger partial charge on any atom is 0.228 e. The molecule has 1 unspecified atom stereocenters. The Morgan fingerprint density at radius 2 is 1.75 bits per heavy atom. The Hall–Kier alpha value is -1.84. The average Bonchev–Trinajstić information content (AvgIpc) is 2.96. The SMILES string of the molecule is CC(C)(C)c1ccccc1N1CC(C(=O)N2CCCCC2)CC1=O. The van der Waals surface area contributed by atoms with Crippen molar-refractivity contribution in [1.82, 2.24) is 4.90 Å². The van der Waals surface area contributed by atoms with E-state index in [2.05, 4.69) is 26.8 Å². The molecule has 2 heterocycles. The number of piperidine rings is 1. The Labute approximate surface area is 144 Å². The van der Waals surface area contributed by atoms with Gasteiger partial charge in [-0.15, -0.1) is 0 Å². The molecule has 2 aliphatic rings. The van der Waals surface area contributed by atoms with E-state index in [1.807, 2.05) is 28.0 Å². The quantitative estimate of drug-likeness (QED) is 0.835. The molecule has 0 aliphatic carbocycles. The van der Waals surface area contributed by atoms with Crippen LogP contribution in [0.15, 0.2) is 24.3 Å². The number of carbonyl (C=O) groups excluding carboxylic acids is 2. The second-order valence-corrected chi connectivity index (χ2v) is 8.06. The Balaban J connectivity index is 1.80. The molecule has 0 spiro atoms. The molecule has 0 saturated carbocycles. The van der Waals surface area contributed by atoms with Crippen LogP contribution in [0.25, 0.3) is 0 Å². The van der Waals surface area contributed by atoms with Crippen molar-refractivity contribution in [3.63, 3.8) is 0 Å². The second-order valence-electron chi connectivity index (χ2n) is 8.06. The van der Waals surface area contributed by atoms with Crippen molar-refractivity contribution < 1.29 is 9.59 Å². The zero-order valence-corrected chi connectivity index (χ0v) is 15.0. The third-order valence-electron chi connectivity index (χ3n) is 5.14. The van der Waals surface area contributed by atoms with Gasteiger partial charge in [0.25, 0.3) is 0 Å². The highest BCUT2D eigenvalue weighted by atomic mass is 16.2. The molecule has 0 bridgehead atoms. The molecule has 3 rings (SSSR count). The van der Waals surface area contributed by atoms with Crippen molar-refractivity contribution in [3.8, 4) is 0 Å². The van der Waals surface area contributed by atoms with Gasteiger partial charge in [0, 0.05) is 31.7 Å². The molecule has 2 fully saturated rings. The van der Waals surface area contributed by atoms with E-state index in [0.29, 0.717) is 13.0 Å². The Kier molecular flexibility index (Phi) is 4.66. The largest absolute Gasteiger partial charge is 0.342 e. The second kappa shape index (κ2) is 6.58. The molecule has 2 amide bonds. The molecule has 1 aromatic carbocycles. The van der Waals surface area contributed by atoms with Gasteiger partial charge in [-0.2, -0.15) is 0 Å². The Morgan fingerprint density at radius 1 is 1.08 bits per heavy atom. The molecule has 1 atom stereocenters. The molecule has 0 N–H and O–H groups in total. The number of para-hydroxylation sites is 1. The lowest BCUT2D eigenvalue weighted by molar-refractivity contribution is -0.136. The van der Waals surface area contributed by atoms with Gasteiger partial charge in [-0.1, -0.05) is 39.0 Å². The van der Waals surface area contributed by atoms with Crippen LogP contribution in [0.5, 0.6) is 0 Å². The van der Waals surface area contributed by atoms with Crippen molar-refractivity contribution >= 4 is 17.5 Å². The van der Waals surface area contributed by atoms with Crippen LogP contribution in [-0.2, 0) is 15.0 Å².